The first kappa shape index (κ1) is 29.6. The number of benzene rings is 4. The summed E-state index contributed by atoms with van der Waals surface area (Å²) < 4.78 is 2.13. The van der Waals surface area contributed by atoms with Crippen molar-refractivity contribution in [1.82, 2.24) is 9.55 Å². The van der Waals surface area contributed by atoms with Gasteiger partial charge in [0.2, 0.25) is 0 Å². The number of hydrogen-bond acceptors (Lipinski definition) is 1. The van der Waals surface area contributed by atoms with Crippen LogP contribution in [-0.4, -0.2) is 9.55 Å². The number of imidazole rings is 1. The Morgan fingerprint density at radius 1 is 0.837 bits per heavy atom. The number of terminal acetylenes is 1. The Morgan fingerprint density at radius 2 is 1.47 bits per heavy atom. The molecule has 5 rings (SSSR count). The molecule has 0 aliphatic rings. The first-order valence-electron chi connectivity index (χ1n) is 15.1. The molecule has 1 heterocycles. The molecule has 1 atom stereocenters. The van der Waals surface area contributed by atoms with Gasteiger partial charge in [-0.3, -0.25) is 4.57 Å². The summed E-state index contributed by atoms with van der Waals surface area (Å²) >= 11 is 0. The number of nitrogens with zero attached hydrogens (tertiary/aromatic N) is 2. The third-order valence-corrected chi connectivity index (χ3v) is 8.35. The lowest BCUT2D eigenvalue weighted by Crippen LogP contribution is -2.08. The van der Waals surface area contributed by atoms with Crippen molar-refractivity contribution < 1.29 is 0 Å². The highest BCUT2D eigenvalue weighted by Crippen LogP contribution is 2.42. The monoisotopic (exact) mass is 560 g/mol. The summed E-state index contributed by atoms with van der Waals surface area (Å²) in [6, 6.07) is 28.7. The summed E-state index contributed by atoms with van der Waals surface area (Å²) in [6.07, 6.45) is 17.1. The van der Waals surface area contributed by atoms with Gasteiger partial charge in [0.15, 0.2) is 0 Å². The molecular formula is C41H40N2. The Balaban J connectivity index is 1.56. The average Bonchev–Trinajstić information content (AvgIpc) is 3.30. The normalized spacial score (nSPS) is 12.8. The summed E-state index contributed by atoms with van der Waals surface area (Å²) in [5.41, 5.74) is 11.9. The number of allylic oxidation sites excluding steroid dienone is 5. The number of hydrogen-bond donors (Lipinski definition) is 0. The fourth-order valence-electron chi connectivity index (χ4n) is 6.29. The summed E-state index contributed by atoms with van der Waals surface area (Å²) in [6.45, 7) is 12.7. The van der Waals surface area contributed by atoms with Crippen molar-refractivity contribution in [3.8, 4) is 34.6 Å². The molecule has 5 aromatic rings. The van der Waals surface area contributed by atoms with Crippen molar-refractivity contribution in [1.29, 1.82) is 0 Å². The second-order valence-electron chi connectivity index (χ2n) is 11.2. The second-order valence-corrected chi connectivity index (χ2v) is 11.2. The quantitative estimate of drug-likeness (QED) is 0.136. The molecule has 0 saturated heterocycles. The Morgan fingerprint density at radius 3 is 2.09 bits per heavy atom. The molecule has 0 aliphatic heterocycles. The molecule has 214 valence electrons. The van der Waals surface area contributed by atoms with Crippen LogP contribution in [0.2, 0.25) is 0 Å². The molecule has 1 unspecified atom stereocenters. The molecule has 0 amide bonds. The van der Waals surface area contributed by atoms with Gasteiger partial charge in [-0.1, -0.05) is 116 Å². The maximum absolute atomic E-state index is 5.92. The van der Waals surface area contributed by atoms with E-state index < -0.39 is 0 Å². The predicted octanol–water partition coefficient (Wildman–Crippen LogP) is 10.7. The predicted molar refractivity (Wildman–Crippen MR) is 186 cm³/mol. The summed E-state index contributed by atoms with van der Waals surface area (Å²) in [7, 11) is 0. The fourth-order valence-corrected chi connectivity index (χ4v) is 6.29. The standard InChI is InChI=1S/C41H40N2/c1-8-11-20-35(10-3)43-31(7)42-30(6)39(43)27-28(4)32-23-25-34(26-24-32)40-29(5)36(17-9-2)41(33-18-13-12-14-19-33)38-22-16-15-21-37(38)40/h3,8-9,11-26,28H,27H2,1-2,4-7H3/b11-8-,17-9-,35-20+. The molecular weight excluding hydrogens is 520 g/mol. The summed E-state index contributed by atoms with van der Waals surface area (Å²) in [5.74, 6) is 4.07. The van der Waals surface area contributed by atoms with Crippen molar-refractivity contribution in [3.63, 3.8) is 0 Å². The molecule has 0 fully saturated rings. The van der Waals surface area contributed by atoms with Crippen molar-refractivity contribution >= 4 is 22.5 Å². The van der Waals surface area contributed by atoms with Crippen molar-refractivity contribution in [3.05, 3.63) is 137 Å². The van der Waals surface area contributed by atoms with Crippen LogP contribution in [0, 0.1) is 33.1 Å². The van der Waals surface area contributed by atoms with E-state index in [4.69, 9.17) is 11.4 Å². The molecule has 4 aromatic carbocycles. The van der Waals surface area contributed by atoms with Crippen LogP contribution in [0.25, 0.3) is 44.8 Å². The third-order valence-electron chi connectivity index (χ3n) is 8.35. The van der Waals surface area contributed by atoms with Crippen LogP contribution in [0.5, 0.6) is 0 Å². The van der Waals surface area contributed by atoms with Crippen molar-refractivity contribution in [2.45, 2.75) is 53.9 Å². The highest BCUT2D eigenvalue weighted by atomic mass is 15.1. The highest BCUT2D eigenvalue weighted by molar-refractivity contribution is 6.09. The van der Waals surface area contributed by atoms with Gasteiger partial charge in [0.1, 0.15) is 5.82 Å². The van der Waals surface area contributed by atoms with Crippen LogP contribution in [0.15, 0.2) is 103 Å². The maximum atomic E-state index is 5.92. The van der Waals surface area contributed by atoms with Gasteiger partial charge < -0.3 is 0 Å². The molecule has 0 bridgehead atoms. The lowest BCUT2D eigenvalue weighted by Gasteiger charge is -2.20. The van der Waals surface area contributed by atoms with Crippen LogP contribution >= 0.6 is 0 Å². The van der Waals surface area contributed by atoms with Crippen molar-refractivity contribution in [2.75, 3.05) is 0 Å². The van der Waals surface area contributed by atoms with E-state index in [1.165, 1.54) is 49.7 Å². The zero-order valence-corrected chi connectivity index (χ0v) is 26.1. The van der Waals surface area contributed by atoms with Crippen LogP contribution in [0.3, 0.4) is 0 Å². The lowest BCUT2D eigenvalue weighted by atomic mass is 9.83. The molecule has 2 heteroatoms. The van der Waals surface area contributed by atoms with Crippen molar-refractivity contribution in [2.24, 2.45) is 0 Å². The van der Waals surface area contributed by atoms with Crippen LogP contribution in [0.1, 0.15) is 60.6 Å². The number of rotatable bonds is 8. The van der Waals surface area contributed by atoms with E-state index in [0.29, 0.717) is 5.92 Å². The topological polar surface area (TPSA) is 17.8 Å². The molecule has 2 nitrogen and oxygen atoms in total. The van der Waals surface area contributed by atoms with Gasteiger partial charge in [-0.25, -0.2) is 4.98 Å². The maximum Gasteiger partial charge on any atom is 0.111 e. The van der Waals surface area contributed by atoms with Gasteiger partial charge in [-0.2, -0.15) is 0 Å². The average molecular weight is 561 g/mol. The fraction of sp³-hybridized carbons (Fsp3) is 0.195. The number of aromatic nitrogens is 2. The Kier molecular flexibility index (Phi) is 8.93. The number of aryl methyl sites for hydroxylation is 2. The SMILES string of the molecule is C#C/C(=C\C=C/C)n1c(C)nc(C)c1CC(C)c1ccc(-c2c(C)c(/C=C\C)c(-c3ccccc3)c3ccccc23)cc1. The summed E-state index contributed by atoms with van der Waals surface area (Å²) in [4.78, 5) is 4.78. The highest BCUT2D eigenvalue weighted by Gasteiger charge is 2.20. The van der Waals surface area contributed by atoms with Crippen LogP contribution in [0.4, 0.5) is 0 Å². The zero-order chi connectivity index (χ0) is 30.5. The summed E-state index contributed by atoms with van der Waals surface area (Å²) in [5, 5.41) is 2.55. The lowest BCUT2D eigenvalue weighted by molar-refractivity contribution is 0.722. The van der Waals surface area contributed by atoms with Crippen LogP contribution < -0.4 is 0 Å². The minimum atomic E-state index is 0.292. The van der Waals surface area contributed by atoms with Gasteiger partial charge in [0.25, 0.3) is 0 Å². The van der Waals surface area contributed by atoms with Crippen LogP contribution in [-0.2, 0) is 6.42 Å². The molecule has 0 spiro atoms. The van der Waals surface area contributed by atoms with Gasteiger partial charge >= 0.3 is 0 Å². The van der Waals surface area contributed by atoms with Gasteiger partial charge in [-0.05, 0) is 103 Å². The van der Waals surface area contributed by atoms with E-state index in [2.05, 4.69) is 129 Å². The van der Waals surface area contributed by atoms with Gasteiger partial charge in [0, 0.05) is 5.69 Å². The zero-order valence-electron chi connectivity index (χ0n) is 26.1. The molecule has 0 saturated carbocycles. The first-order valence-corrected chi connectivity index (χ1v) is 15.1. The molecule has 43 heavy (non-hydrogen) atoms. The van der Waals surface area contributed by atoms with E-state index in [9.17, 15) is 0 Å². The third kappa shape index (κ3) is 5.77. The van der Waals surface area contributed by atoms with E-state index in [0.717, 1.165) is 29.3 Å². The first-order chi connectivity index (χ1) is 20.9. The minimum absolute atomic E-state index is 0.292. The van der Waals surface area contributed by atoms with E-state index in [1.807, 2.05) is 32.1 Å². The molecule has 1 aromatic heterocycles. The molecule has 0 N–H and O–H groups in total. The van der Waals surface area contributed by atoms with E-state index in [-0.39, 0.29) is 0 Å². The Bertz CT molecular complexity index is 1890. The number of fused-ring (bicyclic) bond motifs is 1. The minimum Gasteiger partial charge on any atom is -0.293 e. The smallest absolute Gasteiger partial charge is 0.111 e. The Hall–Kier alpha value is -4.87. The molecule has 0 radical (unpaired) electrons. The molecule has 0 aliphatic carbocycles. The van der Waals surface area contributed by atoms with E-state index >= 15 is 0 Å². The largest absolute Gasteiger partial charge is 0.293 e. The second kappa shape index (κ2) is 13.0. The van der Waals surface area contributed by atoms with Gasteiger partial charge in [0.05, 0.1) is 11.4 Å². The Labute approximate surface area is 257 Å². The van der Waals surface area contributed by atoms with Gasteiger partial charge in [-0.15, -0.1) is 6.42 Å². The van der Waals surface area contributed by atoms with E-state index in [1.54, 1.807) is 0 Å².